The molecule has 160 valence electrons. The first-order valence-corrected chi connectivity index (χ1v) is 10.7. The van der Waals surface area contributed by atoms with Crippen molar-refractivity contribution in [3.8, 4) is 0 Å². The van der Waals surface area contributed by atoms with Crippen molar-refractivity contribution < 1.29 is 4.79 Å². The van der Waals surface area contributed by atoms with E-state index in [4.69, 9.17) is 28.9 Å². The number of fused-ring (bicyclic) bond motifs is 1. The number of nitrogens with zero attached hydrogens (tertiary/aromatic N) is 4. The second kappa shape index (κ2) is 9.18. The predicted molar refractivity (Wildman–Crippen MR) is 122 cm³/mol. The van der Waals surface area contributed by atoms with Crippen molar-refractivity contribution in [3.05, 3.63) is 75.1 Å². The number of carbonyl (C=O) groups is 1. The summed E-state index contributed by atoms with van der Waals surface area (Å²) in [7, 11) is 0. The molecule has 0 saturated carbocycles. The fourth-order valence-electron chi connectivity index (χ4n) is 3.68. The van der Waals surface area contributed by atoms with E-state index in [-0.39, 0.29) is 11.6 Å². The van der Waals surface area contributed by atoms with E-state index < -0.39 is 0 Å². The molecule has 0 atom stereocenters. The van der Waals surface area contributed by atoms with E-state index in [2.05, 4.69) is 20.3 Å². The third kappa shape index (κ3) is 4.49. The number of rotatable bonds is 6. The van der Waals surface area contributed by atoms with Crippen molar-refractivity contribution in [1.82, 2.24) is 24.7 Å². The summed E-state index contributed by atoms with van der Waals surface area (Å²) in [5.74, 6) is 0.165. The van der Waals surface area contributed by atoms with Crippen molar-refractivity contribution in [2.45, 2.75) is 32.7 Å². The first kappa shape index (κ1) is 21.5. The van der Waals surface area contributed by atoms with Crippen LogP contribution in [0.15, 0.2) is 46.9 Å². The van der Waals surface area contributed by atoms with Gasteiger partial charge < -0.3 is 11.1 Å². The molecule has 1 aliphatic carbocycles. The largest absolute Gasteiger partial charge is 0.350 e. The molecule has 0 radical (unpaired) electrons. The minimum atomic E-state index is -0.265. The standard InChI is InChI=1S/C22H22Cl2N6O/c1-13-17(10-25)20(16-5-4-15(23)9-18(16)24)30-12-19(29-22(30)28-13)21(31)27-8-6-14-3-2-7-26-11-14/h2-3,7,9,11-12H,4-6,8,10,25H2,1H3,(H,27,31). The van der Waals surface area contributed by atoms with Crippen molar-refractivity contribution in [3.63, 3.8) is 0 Å². The second-order valence-corrected chi connectivity index (χ2v) is 8.20. The molecule has 0 unspecified atom stereocenters. The summed E-state index contributed by atoms with van der Waals surface area (Å²) >= 11 is 12.7. The molecular weight excluding hydrogens is 435 g/mol. The summed E-state index contributed by atoms with van der Waals surface area (Å²) in [6.07, 6.45) is 8.99. The van der Waals surface area contributed by atoms with Crippen LogP contribution in [0.4, 0.5) is 0 Å². The van der Waals surface area contributed by atoms with Gasteiger partial charge in [-0.1, -0.05) is 29.3 Å². The van der Waals surface area contributed by atoms with Gasteiger partial charge in [0, 0.05) is 53.0 Å². The summed E-state index contributed by atoms with van der Waals surface area (Å²) in [6.45, 7) is 2.65. The highest BCUT2D eigenvalue weighted by Crippen LogP contribution is 2.36. The number of allylic oxidation sites excluding steroid dienone is 4. The quantitative estimate of drug-likeness (QED) is 0.588. The first-order valence-electron chi connectivity index (χ1n) is 9.98. The molecule has 0 aromatic carbocycles. The summed E-state index contributed by atoms with van der Waals surface area (Å²) in [6, 6.07) is 3.84. The van der Waals surface area contributed by atoms with Gasteiger partial charge in [0.1, 0.15) is 5.69 Å². The van der Waals surface area contributed by atoms with E-state index in [0.717, 1.165) is 28.1 Å². The SMILES string of the molecule is Cc1nc2nc(C(=O)NCCc3cccnc3)cn2c(C2=C(Cl)C=C(Cl)CC2)c1CN. The van der Waals surface area contributed by atoms with Crippen molar-refractivity contribution >= 4 is 40.5 Å². The minimum Gasteiger partial charge on any atom is -0.350 e. The number of hydrogen-bond donors (Lipinski definition) is 2. The van der Waals surface area contributed by atoms with Crippen molar-refractivity contribution in [2.75, 3.05) is 6.54 Å². The van der Waals surface area contributed by atoms with Crippen LogP contribution in [0.3, 0.4) is 0 Å². The van der Waals surface area contributed by atoms with E-state index in [1.807, 2.05) is 19.1 Å². The Balaban J connectivity index is 1.67. The van der Waals surface area contributed by atoms with Crippen LogP contribution < -0.4 is 11.1 Å². The van der Waals surface area contributed by atoms with Gasteiger partial charge in [-0.2, -0.15) is 0 Å². The number of imidazole rings is 1. The number of hydrogen-bond acceptors (Lipinski definition) is 5. The van der Waals surface area contributed by atoms with Crippen LogP contribution in [0.1, 0.15) is 45.8 Å². The van der Waals surface area contributed by atoms with Crippen LogP contribution in [0.25, 0.3) is 11.4 Å². The molecular formula is C22H22Cl2N6O. The number of aromatic nitrogens is 4. The van der Waals surface area contributed by atoms with Crippen molar-refractivity contribution in [2.24, 2.45) is 5.73 Å². The Morgan fingerprint density at radius 2 is 2.13 bits per heavy atom. The fourth-order valence-corrected chi connectivity index (χ4v) is 4.25. The van der Waals surface area contributed by atoms with E-state index in [1.165, 1.54) is 0 Å². The van der Waals surface area contributed by atoms with E-state index in [0.29, 0.717) is 48.2 Å². The third-order valence-electron chi connectivity index (χ3n) is 5.25. The number of amides is 1. The smallest absolute Gasteiger partial charge is 0.271 e. The lowest BCUT2D eigenvalue weighted by molar-refractivity contribution is 0.0949. The van der Waals surface area contributed by atoms with Gasteiger partial charge >= 0.3 is 0 Å². The maximum absolute atomic E-state index is 12.7. The number of pyridine rings is 1. The Morgan fingerprint density at radius 1 is 1.29 bits per heavy atom. The maximum Gasteiger partial charge on any atom is 0.271 e. The molecule has 7 nitrogen and oxygen atoms in total. The van der Waals surface area contributed by atoms with Gasteiger partial charge in [0.2, 0.25) is 5.78 Å². The molecule has 3 aromatic heterocycles. The zero-order valence-electron chi connectivity index (χ0n) is 17.0. The Hall–Kier alpha value is -2.74. The van der Waals surface area contributed by atoms with Crippen LogP contribution in [0, 0.1) is 6.92 Å². The lowest BCUT2D eigenvalue weighted by atomic mass is 9.97. The molecule has 0 saturated heterocycles. The normalized spacial score (nSPS) is 14.1. The monoisotopic (exact) mass is 456 g/mol. The molecule has 0 aliphatic heterocycles. The maximum atomic E-state index is 12.7. The zero-order valence-corrected chi connectivity index (χ0v) is 18.5. The summed E-state index contributed by atoms with van der Waals surface area (Å²) in [4.78, 5) is 25.8. The van der Waals surface area contributed by atoms with Crippen LogP contribution in [-0.2, 0) is 13.0 Å². The fraction of sp³-hybridized carbons (Fsp3) is 0.273. The number of halogens is 2. The Labute approximate surface area is 190 Å². The highest BCUT2D eigenvalue weighted by atomic mass is 35.5. The third-order valence-corrected chi connectivity index (χ3v) is 5.88. The lowest BCUT2D eigenvalue weighted by Crippen LogP contribution is -2.26. The van der Waals surface area contributed by atoms with Gasteiger partial charge in [-0.05, 0) is 49.5 Å². The number of nitrogens with one attached hydrogen (secondary N) is 1. The zero-order chi connectivity index (χ0) is 22.0. The highest BCUT2D eigenvalue weighted by molar-refractivity contribution is 6.37. The summed E-state index contributed by atoms with van der Waals surface area (Å²) in [5.41, 5.74) is 10.8. The molecule has 3 heterocycles. The second-order valence-electron chi connectivity index (χ2n) is 7.31. The number of nitrogens with two attached hydrogens (primary N) is 1. The highest BCUT2D eigenvalue weighted by Gasteiger charge is 2.23. The van der Waals surface area contributed by atoms with Crippen LogP contribution in [0.5, 0.6) is 0 Å². The van der Waals surface area contributed by atoms with Gasteiger partial charge in [-0.15, -0.1) is 0 Å². The van der Waals surface area contributed by atoms with Gasteiger partial charge in [-0.25, -0.2) is 9.97 Å². The topological polar surface area (TPSA) is 98.2 Å². The molecule has 0 spiro atoms. The molecule has 3 N–H and O–H groups in total. The molecule has 1 aliphatic rings. The van der Waals surface area contributed by atoms with E-state index >= 15 is 0 Å². The molecule has 3 aromatic rings. The van der Waals surface area contributed by atoms with Gasteiger partial charge in [0.15, 0.2) is 0 Å². The van der Waals surface area contributed by atoms with E-state index in [1.54, 1.807) is 29.1 Å². The average molecular weight is 457 g/mol. The van der Waals surface area contributed by atoms with Gasteiger partial charge in [0.25, 0.3) is 5.91 Å². The van der Waals surface area contributed by atoms with Crippen LogP contribution >= 0.6 is 23.2 Å². The van der Waals surface area contributed by atoms with Crippen molar-refractivity contribution in [1.29, 1.82) is 0 Å². The Morgan fingerprint density at radius 3 is 2.84 bits per heavy atom. The molecule has 9 heteroatoms. The van der Waals surface area contributed by atoms with Gasteiger partial charge in [0.05, 0.1) is 5.69 Å². The number of carbonyl (C=O) groups excluding carboxylic acids is 1. The minimum absolute atomic E-state index is 0.265. The number of aryl methyl sites for hydroxylation is 1. The molecule has 4 rings (SSSR count). The summed E-state index contributed by atoms with van der Waals surface area (Å²) in [5, 5.41) is 4.18. The van der Waals surface area contributed by atoms with E-state index in [9.17, 15) is 4.79 Å². The van der Waals surface area contributed by atoms with Crippen LogP contribution in [-0.4, -0.2) is 31.8 Å². The predicted octanol–water partition coefficient (Wildman–Crippen LogP) is 3.73. The first-order chi connectivity index (χ1) is 15.0. The Kier molecular flexibility index (Phi) is 6.36. The Bertz CT molecular complexity index is 1200. The molecule has 31 heavy (non-hydrogen) atoms. The summed E-state index contributed by atoms with van der Waals surface area (Å²) < 4.78 is 1.80. The molecule has 0 fully saturated rings. The molecule has 0 bridgehead atoms. The van der Waals surface area contributed by atoms with Gasteiger partial charge in [-0.3, -0.25) is 14.2 Å². The lowest BCUT2D eigenvalue weighted by Gasteiger charge is -2.19. The van der Waals surface area contributed by atoms with Crippen LogP contribution in [0.2, 0.25) is 0 Å². The molecule has 1 amide bonds. The average Bonchev–Trinajstić information content (AvgIpc) is 3.17.